The summed E-state index contributed by atoms with van der Waals surface area (Å²) in [6.45, 7) is 3.32. The van der Waals surface area contributed by atoms with Gasteiger partial charge in [0.1, 0.15) is 12.1 Å². The van der Waals surface area contributed by atoms with Crippen LogP contribution in [-0.4, -0.2) is 59.3 Å². The summed E-state index contributed by atoms with van der Waals surface area (Å²) in [4.78, 5) is 47.1. The topological polar surface area (TPSA) is 142 Å². The third kappa shape index (κ3) is 26.9. The van der Waals surface area contributed by atoms with E-state index in [-0.39, 0.29) is 30.9 Å². The molecule has 2 atom stereocenters. The van der Waals surface area contributed by atoms with Crippen LogP contribution in [-0.2, 0) is 23.9 Å². The van der Waals surface area contributed by atoms with E-state index < -0.39 is 24.5 Å². The number of nitrogens with one attached hydrogen (secondary N) is 2. The number of aliphatic carboxylic acids is 1. The second-order valence-corrected chi connectivity index (χ2v) is 11.6. The van der Waals surface area contributed by atoms with Crippen LogP contribution in [0.1, 0.15) is 149 Å². The predicted octanol–water partition coefficient (Wildman–Crippen LogP) is 6.92. The van der Waals surface area contributed by atoms with E-state index in [9.17, 15) is 19.2 Å². The van der Waals surface area contributed by atoms with E-state index in [0.717, 1.165) is 77.0 Å². The van der Waals surface area contributed by atoms with E-state index in [1.165, 1.54) is 38.5 Å². The number of hydrogen-bond acceptors (Lipinski definition) is 6. The quantitative estimate of drug-likeness (QED) is 0.0387. The molecule has 0 rings (SSSR count). The standard InChI is InChI=1S/C35H62N2O7/c1-3-5-7-9-10-11-12-13-14-15-16-17-18-23-27-34(41)44-30(24-20-8-6-4-2)25-21-19-22-26-32(39)36-28-33(40)37-31(29-38)35(42)43/h9-10,12-13,30-31,38H,3-8,11,14-29H2,1-2H3,(H,36,39)(H,37,40)(H,42,43)/b10-9-,13-12-. The molecule has 0 aromatic rings. The van der Waals surface area contributed by atoms with Gasteiger partial charge in [0.15, 0.2) is 0 Å². The van der Waals surface area contributed by atoms with Gasteiger partial charge >= 0.3 is 11.9 Å². The van der Waals surface area contributed by atoms with Crippen molar-refractivity contribution in [3.63, 3.8) is 0 Å². The number of unbranched alkanes of at least 4 members (excludes halogenated alkanes) is 12. The highest BCUT2D eigenvalue weighted by Crippen LogP contribution is 2.17. The maximum atomic E-state index is 12.5. The van der Waals surface area contributed by atoms with Gasteiger partial charge in [0.05, 0.1) is 13.2 Å². The first-order valence-corrected chi connectivity index (χ1v) is 17.2. The van der Waals surface area contributed by atoms with E-state index in [1.807, 2.05) is 0 Å². The molecule has 0 aliphatic carbocycles. The number of carboxylic acids is 1. The summed E-state index contributed by atoms with van der Waals surface area (Å²) in [5.74, 6) is -2.41. The second-order valence-electron chi connectivity index (χ2n) is 11.6. The highest BCUT2D eigenvalue weighted by Gasteiger charge is 2.19. The molecule has 4 N–H and O–H groups in total. The lowest BCUT2D eigenvalue weighted by molar-refractivity contribution is -0.150. The van der Waals surface area contributed by atoms with Gasteiger partial charge in [0, 0.05) is 12.8 Å². The van der Waals surface area contributed by atoms with Gasteiger partial charge < -0.3 is 25.6 Å². The van der Waals surface area contributed by atoms with Gasteiger partial charge in [-0.1, -0.05) is 95.9 Å². The molecule has 9 heteroatoms. The Balaban J connectivity index is 4.12. The normalized spacial score (nSPS) is 12.8. The van der Waals surface area contributed by atoms with Gasteiger partial charge in [-0.3, -0.25) is 14.4 Å². The van der Waals surface area contributed by atoms with E-state index in [1.54, 1.807) is 0 Å². The van der Waals surface area contributed by atoms with Crippen molar-refractivity contribution < 1.29 is 34.1 Å². The lowest BCUT2D eigenvalue weighted by Crippen LogP contribution is -2.47. The molecule has 0 heterocycles. The minimum atomic E-state index is -1.39. The number of esters is 1. The summed E-state index contributed by atoms with van der Waals surface area (Å²) in [6, 6.07) is -1.39. The zero-order valence-electron chi connectivity index (χ0n) is 27.7. The van der Waals surface area contributed by atoms with Crippen molar-refractivity contribution in [3.05, 3.63) is 24.3 Å². The van der Waals surface area contributed by atoms with Gasteiger partial charge in [0.25, 0.3) is 0 Å². The van der Waals surface area contributed by atoms with E-state index in [0.29, 0.717) is 12.8 Å². The number of aliphatic hydroxyl groups is 1. The number of hydrogen-bond donors (Lipinski definition) is 4. The number of allylic oxidation sites excluding steroid dienone is 4. The highest BCUT2D eigenvalue weighted by molar-refractivity contribution is 5.87. The summed E-state index contributed by atoms with van der Waals surface area (Å²) < 4.78 is 5.86. The van der Waals surface area contributed by atoms with Crippen LogP contribution in [0.15, 0.2) is 24.3 Å². The smallest absolute Gasteiger partial charge is 0.328 e. The lowest BCUT2D eigenvalue weighted by atomic mass is 10.0. The van der Waals surface area contributed by atoms with Gasteiger partial charge in [-0.25, -0.2) is 4.79 Å². The molecular weight excluding hydrogens is 560 g/mol. The van der Waals surface area contributed by atoms with Crippen molar-refractivity contribution in [3.8, 4) is 0 Å². The minimum Gasteiger partial charge on any atom is -0.480 e. The predicted molar refractivity (Wildman–Crippen MR) is 176 cm³/mol. The summed E-state index contributed by atoms with van der Waals surface area (Å²) in [6.07, 6.45) is 29.4. The van der Waals surface area contributed by atoms with Crippen LogP contribution in [0.3, 0.4) is 0 Å². The number of carbonyl (C=O) groups excluding carboxylic acids is 3. The van der Waals surface area contributed by atoms with Crippen molar-refractivity contribution in [2.24, 2.45) is 0 Å². The summed E-state index contributed by atoms with van der Waals surface area (Å²) in [5.41, 5.74) is 0. The Hall–Kier alpha value is -2.68. The average molecular weight is 623 g/mol. The van der Waals surface area contributed by atoms with Gasteiger partial charge in [-0.2, -0.15) is 0 Å². The monoisotopic (exact) mass is 622 g/mol. The molecule has 2 amide bonds. The Morgan fingerprint density at radius 2 is 1.25 bits per heavy atom. The molecule has 44 heavy (non-hydrogen) atoms. The third-order valence-electron chi connectivity index (χ3n) is 7.45. The Kier molecular flexibility index (Phi) is 28.5. The number of rotatable bonds is 30. The summed E-state index contributed by atoms with van der Waals surface area (Å²) >= 11 is 0. The van der Waals surface area contributed by atoms with Crippen molar-refractivity contribution in [1.29, 1.82) is 0 Å². The van der Waals surface area contributed by atoms with Crippen LogP contribution in [0, 0.1) is 0 Å². The molecular formula is C35H62N2O7. The van der Waals surface area contributed by atoms with E-state index in [2.05, 4.69) is 48.8 Å². The van der Waals surface area contributed by atoms with Crippen molar-refractivity contribution >= 4 is 23.8 Å². The first kappa shape index (κ1) is 41.3. The third-order valence-corrected chi connectivity index (χ3v) is 7.45. The molecule has 2 unspecified atom stereocenters. The first-order valence-electron chi connectivity index (χ1n) is 17.2. The number of carbonyl (C=O) groups is 4. The van der Waals surface area contributed by atoms with Crippen molar-refractivity contribution in [1.82, 2.24) is 10.6 Å². The van der Waals surface area contributed by atoms with Crippen molar-refractivity contribution in [2.45, 2.75) is 161 Å². The number of amides is 2. The fourth-order valence-electron chi connectivity index (χ4n) is 4.73. The maximum absolute atomic E-state index is 12.5. The fraction of sp³-hybridized carbons (Fsp3) is 0.771. The molecule has 0 saturated carbocycles. The number of carboxylic acid groups (broad SMARTS) is 1. The molecule has 9 nitrogen and oxygen atoms in total. The summed E-state index contributed by atoms with van der Waals surface area (Å²) in [7, 11) is 0. The molecule has 0 aromatic carbocycles. The molecule has 0 fully saturated rings. The van der Waals surface area contributed by atoms with Crippen LogP contribution in [0.2, 0.25) is 0 Å². The van der Waals surface area contributed by atoms with Crippen LogP contribution in [0.25, 0.3) is 0 Å². The Morgan fingerprint density at radius 1 is 0.682 bits per heavy atom. The Morgan fingerprint density at radius 3 is 1.89 bits per heavy atom. The Labute approximate surface area is 266 Å². The van der Waals surface area contributed by atoms with Crippen LogP contribution in [0.5, 0.6) is 0 Å². The zero-order valence-corrected chi connectivity index (χ0v) is 27.7. The largest absolute Gasteiger partial charge is 0.480 e. The maximum Gasteiger partial charge on any atom is 0.328 e. The molecule has 0 spiro atoms. The molecule has 0 radical (unpaired) electrons. The lowest BCUT2D eigenvalue weighted by Gasteiger charge is -2.18. The summed E-state index contributed by atoms with van der Waals surface area (Å²) in [5, 5.41) is 22.4. The van der Waals surface area contributed by atoms with Crippen molar-refractivity contribution in [2.75, 3.05) is 13.2 Å². The van der Waals surface area contributed by atoms with Crippen LogP contribution in [0.4, 0.5) is 0 Å². The average Bonchev–Trinajstić information content (AvgIpc) is 3.00. The van der Waals surface area contributed by atoms with Gasteiger partial charge in [-0.15, -0.1) is 0 Å². The molecule has 0 aliphatic heterocycles. The second kappa shape index (κ2) is 30.4. The van der Waals surface area contributed by atoms with Crippen LogP contribution >= 0.6 is 0 Å². The first-order chi connectivity index (χ1) is 21.3. The molecule has 0 saturated heterocycles. The van der Waals surface area contributed by atoms with Crippen LogP contribution < -0.4 is 10.6 Å². The van der Waals surface area contributed by atoms with Gasteiger partial charge in [-0.05, 0) is 64.2 Å². The Bertz CT molecular complexity index is 813. The minimum absolute atomic E-state index is 0.0844. The van der Waals surface area contributed by atoms with E-state index in [4.69, 9.17) is 14.9 Å². The van der Waals surface area contributed by atoms with Gasteiger partial charge in [0.2, 0.25) is 11.8 Å². The van der Waals surface area contributed by atoms with E-state index >= 15 is 0 Å². The number of ether oxygens (including phenoxy) is 1. The number of aliphatic hydroxyl groups excluding tert-OH is 1. The molecule has 0 aliphatic rings. The molecule has 0 aromatic heterocycles. The SMILES string of the molecule is CCCC/C=C\C/C=C\CCCCCCCC(=O)OC(CCCCCC)CCCCCC(=O)NCC(=O)NC(CO)C(=O)O. The highest BCUT2D eigenvalue weighted by atomic mass is 16.5. The zero-order chi connectivity index (χ0) is 32.7. The molecule has 254 valence electrons. The fourth-order valence-corrected chi connectivity index (χ4v) is 4.73. The molecule has 0 bridgehead atoms.